The summed E-state index contributed by atoms with van der Waals surface area (Å²) in [6.07, 6.45) is 0. The molecule has 0 spiro atoms. The second-order valence-corrected chi connectivity index (χ2v) is 5.09. The first kappa shape index (κ1) is 15.4. The number of rotatable bonds is 5. The molecule has 1 atom stereocenters. The van der Waals surface area contributed by atoms with Gasteiger partial charge < -0.3 is 5.32 Å². The molecule has 2 aromatic rings. The minimum Gasteiger partial charge on any atom is -0.306 e. The van der Waals surface area contributed by atoms with Crippen molar-refractivity contribution in [1.29, 1.82) is 0 Å². The first-order chi connectivity index (χ1) is 9.97. The Balaban J connectivity index is 2.07. The molecule has 0 fully saturated rings. The molecule has 0 aliphatic heterocycles. The molecule has 0 bridgehead atoms. The maximum atomic E-state index is 12.9. The summed E-state index contributed by atoms with van der Waals surface area (Å²) in [4.78, 5) is 10.3. The molecule has 4 nitrogen and oxygen atoms in total. The van der Waals surface area contributed by atoms with Gasteiger partial charge in [-0.1, -0.05) is 23.7 Å². The van der Waals surface area contributed by atoms with Crippen LogP contribution in [0.3, 0.4) is 0 Å². The molecule has 0 aliphatic carbocycles. The minimum atomic E-state index is -0.455. The number of hydrogen-bond donors (Lipinski definition) is 1. The fourth-order valence-corrected chi connectivity index (χ4v) is 2.13. The van der Waals surface area contributed by atoms with Gasteiger partial charge in [-0.15, -0.1) is 0 Å². The summed E-state index contributed by atoms with van der Waals surface area (Å²) in [5.74, 6) is -0.285. The fraction of sp³-hybridized carbons (Fsp3) is 0.200. The summed E-state index contributed by atoms with van der Waals surface area (Å²) in [6, 6.07) is 10.5. The van der Waals surface area contributed by atoms with E-state index in [4.69, 9.17) is 11.6 Å². The van der Waals surface area contributed by atoms with Crippen molar-refractivity contribution in [2.45, 2.75) is 19.5 Å². The van der Waals surface area contributed by atoms with E-state index in [1.54, 1.807) is 12.1 Å². The van der Waals surface area contributed by atoms with Crippen LogP contribution in [0.15, 0.2) is 42.5 Å². The van der Waals surface area contributed by atoms with Crippen molar-refractivity contribution in [1.82, 2.24) is 5.32 Å². The summed E-state index contributed by atoms with van der Waals surface area (Å²) in [5.41, 5.74) is 1.59. The van der Waals surface area contributed by atoms with E-state index in [9.17, 15) is 14.5 Å². The minimum absolute atomic E-state index is 0.00522. The van der Waals surface area contributed by atoms with E-state index < -0.39 is 4.92 Å². The lowest BCUT2D eigenvalue weighted by Gasteiger charge is -2.15. The first-order valence-electron chi connectivity index (χ1n) is 6.39. The number of halogens is 2. The van der Waals surface area contributed by atoms with Crippen LogP contribution in [0.4, 0.5) is 10.1 Å². The van der Waals surface area contributed by atoms with Crippen LogP contribution in [0, 0.1) is 15.9 Å². The van der Waals surface area contributed by atoms with Crippen molar-refractivity contribution in [2.24, 2.45) is 0 Å². The lowest BCUT2D eigenvalue weighted by molar-refractivity contribution is -0.384. The Bertz CT molecular complexity index is 647. The van der Waals surface area contributed by atoms with Gasteiger partial charge in [0, 0.05) is 29.7 Å². The van der Waals surface area contributed by atoms with Crippen LogP contribution in [-0.4, -0.2) is 4.92 Å². The van der Waals surface area contributed by atoms with Crippen molar-refractivity contribution in [3.05, 3.63) is 74.5 Å². The van der Waals surface area contributed by atoms with Crippen molar-refractivity contribution in [3.8, 4) is 0 Å². The van der Waals surface area contributed by atoms with Crippen LogP contribution >= 0.6 is 11.6 Å². The van der Waals surface area contributed by atoms with Crippen LogP contribution < -0.4 is 5.32 Å². The van der Waals surface area contributed by atoms with Crippen LogP contribution in [-0.2, 0) is 6.54 Å². The van der Waals surface area contributed by atoms with Gasteiger partial charge in [0.2, 0.25) is 0 Å². The number of hydrogen-bond acceptors (Lipinski definition) is 3. The summed E-state index contributed by atoms with van der Waals surface area (Å²) in [6.45, 7) is 2.32. The Morgan fingerprint density at radius 2 is 1.95 bits per heavy atom. The van der Waals surface area contributed by atoms with Gasteiger partial charge in [0.25, 0.3) is 5.69 Å². The van der Waals surface area contributed by atoms with Crippen LogP contribution in [0.25, 0.3) is 0 Å². The summed E-state index contributed by atoms with van der Waals surface area (Å²) in [5, 5.41) is 14.4. The molecule has 21 heavy (non-hydrogen) atoms. The zero-order chi connectivity index (χ0) is 15.4. The smallest absolute Gasteiger partial charge is 0.269 e. The number of nitrogens with zero attached hydrogens (tertiary/aromatic N) is 1. The summed E-state index contributed by atoms with van der Waals surface area (Å²) in [7, 11) is 0. The van der Waals surface area contributed by atoms with Crippen LogP contribution in [0.2, 0.25) is 5.02 Å². The highest BCUT2D eigenvalue weighted by Crippen LogP contribution is 2.23. The Morgan fingerprint density at radius 3 is 2.57 bits per heavy atom. The Hall–Kier alpha value is -1.98. The topological polar surface area (TPSA) is 55.2 Å². The molecule has 0 aromatic heterocycles. The molecule has 2 rings (SSSR count). The number of nitrogens with one attached hydrogen (secondary N) is 1. The number of nitro groups is 1. The van der Waals surface area contributed by atoms with E-state index >= 15 is 0 Å². The SMILES string of the molecule is C[C@H](NCc1cc([N+](=O)[O-])ccc1Cl)c1ccc(F)cc1. The number of benzene rings is 2. The standard InChI is InChI=1S/C15H14ClFN2O2/c1-10(11-2-4-13(17)5-3-11)18-9-12-8-14(19(20)21)6-7-15(12)16/h2-8,10,18H,9H2,1H3/t10-/m0/s1. The van der Waals surface area contributed by atoms with Gasteiger partial charge in [-0.2, -0.15) is 0 Å². The molecular weight excluding hydrogens is 295 g/mol. The fourth-order valence-electron chi connectivity index (χ4n) is 1.94. The highest BCUT2D eigenvalue weighted by molar-refractivity contribution is 6.31. The van der Waals surface area contributed by atoms with E-state index in [1.165, 1.54) is 30.3 Å². The zero-order valence-electron chi connectivity index (χ0n) is 11.3. The van der Waals surface area contributed by atoms with Gasteiger partial charge >= 0.3 is 0 Å². The molecule has 0 saturated carbocycles. The predicted molar refractivity (Wildman–Crippen MR) is 79.8 cm³/mol. The molecule has 1 N–H and O–H groups in total. The molecule has 0 heterocycles. The largest absolute Gasteiger partial charge is 0.306 e. The average Bonchev–Trinajstić information content (AvgIpc) is 2.46. The molecule has 0 amide bonds. The maximum absolute atomic E-state index is 12.9. The second-order valence-electron chi connectivity index (χ2n) is 4.69. The van der Waals surface area contributed by atoms with E-state index in [-0.39, 0.29) is 17.5 Å². The van der Waals surface area contributed by atoms with E-state index in [0.717, 1.165) is 5.56 Å². The van der Waals surface area contributed by atoms with Gasteiger partial charge in [-0.05, 0) is 36.2 Å². The van der Waals surface area contributed by atoms with Crippen molar-refractivity contribution in [3.63, 3.8) is 0 Å². The molecule has 0 radical (unpaired) electrons. The van der Waals surface area contributed by atoms with E-state index in [1.807, 2.05) is 6.92 Å². The van der Waals surface area contributed by atoms with E-state index in [0.29, 0.717) is 17.1 Å². The molecule has 2 aromatic carbocycles. The lowest BCUT2D eigenvalue weighted by atomic mass is 10.1. The third kappa shape index (κ3) is 4.00. The van der Waals surface area contributed by atoms with Crippen LogP contribution in [0.1, 0.15) is 24.1 Å². The highest BCUT2D eigenvalue weighted by atomic mass is 35.5. The zero-order valence-corrected chi connectivity index (χ0v) is 12.1. The van der Waals surface area contributed by atoms with E-state index in [2.05, 4.69) is 5.32 Å². The Kier molecular flexibility index (Phi) is 4.88. The maximum Gasteiger partial charge on any atom is 0.269 e. The number of non-ortho nitro benzene ring substituents is 1. The van der Waals surface area contributed by atoms with Gasteiger partial charge in [-0.3, -0.25) is 10.1 Å². The van der Waals surface area contributed by atoms with Crippen molar-refractivity contribution >= 4 is 17.3 Å². The Morgan fingerprint density at radius 1 is 1.29 bits per heavy atom. The molecule has 6 heteroatoms. The monoisotopic (exact) mass is 308 g/mol. The predicted octanol–water partition coefficient (Wildman–Crippen LogP) is 4.24. The van der Waals surface area contributed by atoms with Gasteiger partial charge in [-0.25, -0.2) is 4.39 Å². The molecule has 0 aliphatic rings. The second kappa shape index (κ2) is 6.65. The van der Waals surface area contributed by atoms with Crippen molar-refractivity contribution < 1.29 is 9.31 Å². The first-order valence-corrected chi connectivity index (χ1v) is 6.77. The summed E-state index contributed by atoms with van der Waals surface area (Å²) >= 11 is 6.04. The van der Waals surface area contributed by atoms with Crippen LogP contribution in [0.5, 0.6) is 0 Å². The highest BCUT2D eigenvalue weighted by Gasteiger charge is 2.11. The molecular formula is C15H14ClFN2O2. The third-order valence-electron chi connectivity index (χ3n) is 3.21. The van der Waals surface area contributed by atoms with Gasteiger partial charge in [0.05, 0.1) is 4.92 Å². The van der Waals surface area contributed by atoms with Gasteiger partial charge in [0.15, 0.2) is 0 Å². The molecule has 0 saturated heterocycles. The molecule has 0 unspecified atom stereocenters. The molecule has 110 valence electrons. The average molecular weight is 309 g/mol. The lowest BCUT2D eigenvalue weighted by Crippen LogP contribution is -2.18. The summed E-state index contributed by atoms with van der Waals surface area (Å²) < 4.78 is 12.9. The Labute approximate surface area is 126 Å². The normalized spacial score (nSPS) is 12.1. The number of nitro benzene ring substituents is 1. The quantitative estimate of drug-likeness (QED) is 0.664. The third-order valence-corrected chi connectivity index (χ3v) is 3.58. The van der Waals surface area contributed by atoms with Gasteiger partial charge in [0.1, 0.15) is 5.82 Å². The van der Waals surface area contributed by atoms with Crippen molar-refractivity contribution in [2.75, 3.05) is 0 Å².